The van der Waals surface area contributed by atoms with Gasteiger partial charge in [0.15, 0.2) is 0 Å². The number of hydrazine groups is 1. The molecule has 0 aromatic heterocycles. The fourth-order valence-corrected chi connectivity index (χ4v) is 3.20. The predicted molar refractivity (Wildman–Crippen MR) is 93.7 cm³/mol. The second-order valence-corrected chi connectivity index (χ2v) is 7.82. The number of carboxylic acids is 1. The van der Waals surface area contributed by atoms with Crippen LogP contribution in [0.3, 0.4) is 0 Å². The van der Waals surface area contributed by atoms with Gasteiger partial charge in [0, 0.05) is 4.47 Å². The Hall–Kier alpha value is -1.40. The van der Waals surface area contributed by atoms with Crippen LogP contribution >= 0.6 is 15.9 Å². The van der Waals surface area contributed by atoms with E-state index in [-0.39, 0.29) is 17.7 Å². The molecule has 5 nitrogen and oxygen atoms in total. The van der Waals surface area contributed by atoms with Gasteiger partial charge < -0.3 is 5.11 Å². The van der Waals surface area contributed by atoms with Crippen molar-refractivity contribution in [2.45, 2.75) is 51.9 Å². The summed E-state index contributed by atoms with van der Waals surface area (Å²) in [5, 5.41) is 8.96. The average molecular weight is 385 g/mol. The van der Waals surface area contributed by atoms with Crippen molar-refractivity contribution in [3.8, 4) is 0 Å². The zero-order chi connectivity index (χ0) is 17.7. The average Bonchev–Trinajstić information content (AvgIpc) is 2.44. The van der Waals surface area contributed by atoms with E-state index < -0.39 is 11.4 Å². The minimum absolute atomic E-state index is 0.115. The quantitative estimate of drug-likeness (QED) is 0.363. The van der Waals surface area contributed by atoms with Gasteiger partial charge in [-0.2, -0.15) is 0 Å². The number of halogens is 1. The number of carbonyl (C=O) groups is 2. The molecule has 0 heterocycles. The fraction of sp³-hybridized carbons (Fsp3) is 0.529. The second-order valence-electron chi connectivity index (χ2n) is 6.90. The lowest BCUT2D eigenvalue weighted by Gasteiger charge is -2.30. The van der Waals surface area contributed by atoms with E-state index in [2.05, 4.69) is 21.4 Å². The van der Waals surface area contributed by atoms with Crippen molar-refractivity contribution in [3.05, 3.63) is 34.3 Å². The first-order valence-electron chi connectivity index (χ1n) is 7.60. The van der Waals surface area contributed by atoms with E-state index in [0.29, 0.717) is 6.42 Å². The summed E-state index contributed by atoms with van der Waals surface area (Å²) in [5.41, 5.74) is 2.08. The van der Waals surface area contributed by atoms with Gasteiger partial charge in [0.2, 0.25) is 5.91 Å². The first-order chi connectivity index (χ1) is 10.6. The molecule has 0 aliphatic rings. The molecule has 23 heavy (non-hydrogen) atoms. The number of nitrogens with one attached hydrogen (secondary N) is 1. The largest absolute Gasteiger partial charge is 0.481 e. The lowest BCUT2D eigenvalue weighted by Crippen LogP contribution is -2.45. The van der Waals surface area contributed by atoms with Crippen LogP contribution in [0.2, 0.25) is 0 Å². The van der Waals surface area contributed by atoms with Crippen LogP contribution in [-0.2, 0) is 15.0 Å². The fourth-order valence-electron chi connectivity index (χ4n) is 2.80. The SMILES string of the molecule is CC(C)(CCCC(C)(C(=O)NN)c1cccc(Br)c1)CC(=O)O. The van der Waals surface area contributed by atoms with Gasteiger partial charge in [-0.3, -0.25) is 15.0 Å². The molecule has 0 radical (unpaired) electrons. The second kappa shape index (κ2) is 7.93. The normalized spacial score (nSPS) is 14.1. The maximum Gasteiger partial charge on any atom is 0.303 e. The molecule has 0 saturated carbocycles. The minimum Gasteiger partial charge on any atom is -0.481 e. The summed E-state index contributed by atoms with van der Waals surface area (Å²) < 4.78 is 0.900. The van der Waals surface area contributed by atoms with Gasteiger partial charge in [0.1, 0.15) is 0 Å². The zero-order valence-electron chi connectivity index (χ0n) is 13.9. The molecule has 1 rings (SSSR count). The van der Waals surface area contributed by atoms with Gasteiger partial charge in [-0.25, -0.2) is 5.84 Å². The van der Waals surface area contributed by atoms with E-state index >= 15 is 0 Å². The molecule has 6 heteroatoms. The predicted octanol–water partition coefficient (Wildman–Crippen LogP) is 3.37. The third kappa shape index (κ3) is 5.62. The number of rotatable bonds is 8. The third-order valence-electron chi connectivity index (χ3n) is 4.25. The Morgan fingerprint density at radius 1 is 1.26 bits per heavy atom. The molecule has 0 aliphatic heterocycles. The highest BCUT2D eigenvalue weighted by Gasteiger charge is 2.35. The molecule has 1 unspecified atom stereocenters. The van der Waals surface area contributed by atoms with E-state index in [1.165, 1.54) is 0 Å². The Kier molecular flexibility index (Phi) is 6.77. The monoisotopic (exact) mass is 384 g/mol. The van der Waals surface area contributed by atoms with Gasteiger partial charge >= 0.3 is 5.97 Å². The summed E-state index contributed by atoms with van der Waals surface area (Å²) in [6.45, 7) is 5.72. The summed E-state index contributed by atoms with van der Waals surface area (Å²) in [4.78, 5) is 23.2. The summed E-state index contributed by atoms with van der Waals surface area (Å²) >= 11 is 3.42. The molecular formula is C17H25BrN2O3. The number of amides is 1. The Bertz CT molecular complexity index is 575. The molecule has 0 spiro atoms. The molecule has 0 fully saturated rings. The van der Waals surface area contributed by atoms with Crippen LogP contribution in [0.5, 0.6) is 0 Å². The highest BCUT2D eigenvalue weighted by molar-refractivity contribution is 9.10. The van der Waals surface area contributed by atoms with Crippen LogP contribution in [0.1, 0.15) is 52.0 Å². The smallest absolute Gasteiger partial charge is 0.303 e. The highest BCUT2D eigenvalue weighted by atomic mass is 79.9. The first-order valence-corrected chi connectivity index (χ1v) is 8.39. The maximum absolute atomic E-state index is 12.3. The number of hydrogen-bond acceptors (Lipinski definition) is 3. The van der Waals surface area contributed by atoms with Crippen LogP contribution in [-0.4, -0.2) is 17.0 Å². The Balaban J connectivity index is 2.88. The number of benzene rings is 1. The molecule has 1 aromatic rings. The molecule has 1 atom stereocenters. The van der Waals surface area contributed by atoms with Crippen LogP contribution in [0.15, 0.2) is 28.7 Å². The van der Waals surface area contributed by atoms with Crippen molar-refractivity contribution in [1.82, 2.24) is 5.43 Å². The zero-order valence-corrected chi connectivity index (χ0v) is 15.4. The van der Waals surface area contributed by atoms with Crippen molar-refractivity contribution in [3.63, 3.8) is 0 Å². The summed E-state index contributed by atoms with van der Waals surface area (Å²) in [6.07, 6.45) is 2.16. The minimum atomic E-state index is -0.801. The van der Waals surface area contributed by atoms with Crippen LogP contribution in [0.25, 0.3) is 0 Å². The molecule has 0 bridgehead atoms. The summed E-state index contributed by atoms with van der Waals surface area (Å²) in [7, 11) is 0. The van der Waals surface area contributed by atoms with Crippen molar-refractivity contribution < 1.29 is 14.7 Å². The van der Waals surface area contributed by atoms with Crippen LogP contribution in [0, 0.1) is 5.41 Å². The van der Waals surface area contributed by atoms with Gasteiger partial charge in [-0.05, 0) is 42.9 Å². The Labute approximate surface area is 145 Å². The third-order valence-corrected chi connectivity index (χ3v) is 4.75. The highest BCUT2D eigenvalue weighted by Crippen LogP contribution is 2.35. The Morgan fingerprint density at radius 2 is 1.91 bits per heavy atom. The topological polar surface area (TPSA) is 92.4 Å². The van der Waals surface area contributed by atoms with Gasteiger partial charge in [0.25, 0.3) is 0 Å². The molecule has 128 valence electrons. The number of aliphatic carboxylic acids is 1. The summed E-state index contributed by atoms with van der Waals surface area (Å²) in [5.74, 6) is 4.32. The molecule has 0 saturated heterocycles. The Morgan fingerprint density at radius 3 is 2.43 bits per heavy atom. The molecule has 1 amide bonds. The van der Waals surface area contributed by atoms with E-state index in [1.807, 2.05) is 45.0 Å². The molecule has 1 aromatic carbocycles. The maximum atomic E-state index is 12.3. The first kappa shape index (κ1) is 19.6. The number of hydrogen-bond donors (Lipinski definition) is 3. The van der Waals surface area contributed by atoms with Crippen LogP contribution < -0.4 is 11.3 Å². The summed E-state index contributed by atoms with van der Waals surface area (Å²) in [6, 6.07) is 7.61. The van der Waals surface area contributed by atoms with E-state index in [1.54, 1.807) is 0 Å². The lowest BCUT2D eigenvalue weighted by atomic mass is 9.75. The van der Waals surface area contributed by atoms with Crippen LogP contribution in [0.4, 0.5) is 0 Å². The number of carboxylic acid groups (broad SMARTS) is 1. The lowest BCUT2D eigenvalue weighted by molar-refractivity contribution is -0.139. The molecular weight excluding hydrogens is 360 g/mol. The molecule has 0 aliphatic carbocycles. The standard InChI is InChI=1S/C17H25BrN2O3/c1-16(2,11-14(21)22)8-5-9-17(3,15(23)20-19)12-6-4-7-13(18)10-12/h4,6-7,10H,5,8-9,11,19H2,1-3H3,(H,20,23)(H,21,22). The van der Waals surface area contributed by atoms with Gasteiger partial charge in [-0.15, -0.1) is 0 Å². The van der Waals surface area contributed by atoms with Crippen molar-refractivity contribution in [2.75, 3.05) is 0 Å². The van der Waals surface area contributed by atoms with Crippen molar-refractivity contribution in [2.24, 2.45) is 11.3 Å². The van der Waals surface area contributed by atoms with Gasteiger partial charge in [-0.1, -0.05) is 48.3 Å². The van der Waals surface area contributed by atoms with Crippen molar-refractivity contribution >= 4 is 27.8 Å². The number of nitrogens with two attached hydrogens (primary N) is 1. The van der Waals surface area contributed by atoms with E-state index in [9.17, 15) is 9.59 Å². The van der Waals surface area contributed by atoms with E-state index in [0.717, 1.165) is 22.9 Å². The van der Waals surface area contributed by atoms with Gasteiger partial charge in [0.05, 0.1) is 11.8 Å². The number of carbonyl (C=O) groups excluding carboxylic acids is 1. The molecule has 4 N–H and O–H groups in total. The van der Waals surface area contributed by atoms with E-state index in [4.69, 9.17) is 10.9 Å². The van der Waals surface area contributed by atoms with Crippen molar-refractivity contribution in [1.29, 1.82) is 0 Å².